The highest BCUT2D eigenvalue weighted by atomic mass is 127. The van der Waals surface area contributed by atoms with Gasteiger partial charge in [0.25, 0.3) is 5.91 Å². The van der Waals surface area contributed by atoms with E-state index in [-0.39, 0.29) is 11.7 Å². The number of rotatable bonds is 8. The van der Waals surface area contributed by atoms with Gasteiger partial charge in [-0.2, -0.15) is 5.10 Å². The van der Waals surface area contributed by atoms with Gasteiger partial charge < -0.3 is 14.2 Å². The number of carbonyl (C=O) groups excluding carboxylic acids is 2. The molecule has 0 fully saturated rings. The third-order valence-corrected chi connectivity index (χ3v) is 5.58. The number of amides is 1. The summed E-state index contributed by atoms with van der Waals surface area (Å²) >= 11 is 5.57. The number of methoxy groups -OCH3 is 1. The zero-order valence-electron chi connectivity index (χ0n) is 17.8. The Morgan fingerprint density at radius 3 is 2.52 bits per heavy atom. The lowest BCUT2D eigenvalue weighted by molar-refractivity contribution is 0.0726. The number of nitrogens with zero attached hydrogens (tertiary/aromatic N) is 1. The number of carbonyl (C=O) groups is 2. The second-order valence-electron chi connectivity index (χ2n) is 6.59. The minimum Gasteiger partial charge on any atom is -0.497 e. The van der Waals surface area contributed by atoms with Gasteiger partial charge in [0.1, 0.15) is 5.75 Å². The third-order valence-electron chi connectivity index (χ3n) is 4.32. The van der Waals surface area contributed by atoms with E-state index in [1.807, 2.05) is 13.0 Å². The standard InChI is InChI=1S/C24H20BrIN2O5/c1-3-32-21-12-15(14-27-28-23(29)17-5-4-6-18(26)13-17)11-20(25)22(21)33-24(30)16-7-9-19(31-2)10-8-16/h4-14H,3H2,1-2H3,(H,28,29)/b27-14-. The summed E-state index contributed by atoms with van der Waals surface area (Å²) in [7, 11) is 1.55. The van der Waals surface area contributed by atoms with E-state index < -0.39 is 5.97 Å². The van der Waals surface area contributed by atoms with Gasteiger partial charge in [-0.15, -0.1) is 0 Å². The van der Waals surface area contributed by atoms with Crippen LogP contribution in [0.2, 0.25) is 0 Å². The molecule has 0 aliphatic rings. The largest absolute Gasteiger partial charge is 0.497 e. The van der Waals surface area contributed by atoms with E-state index in [1.165, 1.54) is 6.21 Å². The van der Waals surface area contributed by atoms with Crippen LogP contribution >= 0.6 is 38.5 Å². The molecular weight excluding hydrogens is 603 g/mol. The van der Waals surface area contributed by atoms with Crippen molar-refractivity contribution in [3.8, 4) is 17.2 Å². The van der Waals surface area contributed by atoms with E-state index >= 15 is 0 Å². The summed E-state index contributed by atoms with van der Waals surface area (Å²) in [6.07, 6.45) is 1.48. The van der Waals surface area contributed by atoms with Crippen LogP contribution in [0.3, 0.4) is 0 Å². The zero-order valence-corrected chi connectivity index (χ0v) is 21.5. The number of halogens is 2. The quantitative estimate of drug-likeness (QED) is 0.119. The van der Waals surface area contributed by atoms with Crippen LogP contribution in [-0.2, 0) is 0 Å². The maximum atomic E-state index is 12.6. The van der Waals surface area contributed by atoms with Gasteiger partial charge in [0, 0.05) is 9.13 Å². The van der Waals surface area contributed by atoms with Crippen LogP contribution in [-0.4, -0.2) is 31.8 Å². The summed E-state index contributed by atoms with van der Waals surface area (Å²) in [5.74, 6) is 0.390. The summed E-state index contributed by atoms with van der Waals surface area (Å²) in [6, 6.07) is 17.2. The molecule has 0 bridgehead atoms. The Morgan fingerprint density at radius 2 is 1.85 bits per heavy atom. The Bertz CT molecular complexity index is 1180. The molecule has 3 aromatic rings. The number of hydrazone groups is 1. The summed E-state index contributed by atoms with van der Waals surface area (Å²) in [4.78, 5) is 24.8. The molecule has 0 aliphatic carbocycles. The number of benzene rings is 3. The highest BCUT2D eigenvalue weighted by Crippen LogP contribution is 2.37. The van der Waals surface area contributed by atoms with Gasteiger partial charge in [-0.05, 0) is 106 Å². The summed E-state index contributed by atoms with van der Waals surface area (Å²) < 4.78 is 17.8. The summed E-state index contributed by atoms with van der Waals surface area (Å²) in [5.41, 5.74) is 4.01. The van der Waals surface area contributed by atoms with Gasteiger partial charge in [0.05, 0.1) is 30.0 Å². The zero-order chi connectivity index (χ0) is 23.8. The molecule has 0 saturated carbocycles. The Morgan fingerprint density at radius 1 is 1.09 bits per heavy atom. The topological polar surface area (TPSA) is 86.2 Å². The number of nitrogens with one attached hydrogen (secondary N) is 1. The van der Waals surface area contributed by atoms with Crippen LogP contribution in [0.4, 0.5) is 0 Å². The van der Waals surface area contributed by atoms with Gasteiger partial charge in [0.15, 0.2) is 11.5 Å². The van der Waals surface area contributed by atoms with Crippen molar-refractivity contribution < 1.29 is 23.8 Å². The molecule has 0 spiro atoms. The molecule has 33 heavy (non-hydrogen) atoms. The molecule has 0 atom stereocenters. The van der Waals surface area contributed by atoms with Crippen molar-refractivity contribution in [3.05, 3.63) is 85.4 Å². The lowest BCUT2D eigenvalue weighted by Gasteiger charge is -2.13. The molecule has 0 radical (unpaired) electrons. The van der Waals surface area contributed by atoms with Crippen molar-refractivity contribution in [2.45, 2.75) is 6.92 Å². The van der Waals surface area contributed by atoms with E-state index in [2.05, 4.69) is 49.0 Å². The minimum absolute atomic E-state index is 0.248. The molecule has 1 N–H and O–H groups in total. The molecule has 0 aromatic heterocycles. The van der Waals surface area contributed by atoms with Crippen LogP contribution in [0.25, 0.3) is 0 Å². The van der Waals surface area contributed by atoms with Crippen molar-refractivity contribution in [1.29, 1.82) is 0 Å². The predicted molar refractivity (Wildman–Crippen MR) is 137 cm³/mol. The Hall–Kier alpha value is -2.92. The Kier molecular flexibility index (Phi) is 8.84. The van der Waals surface area contributed by atoms with Gasteiger partial charge in [-0.25, -0.2) is 10.2 Å². The minimum atomic E-state index is -0.537. The first-order valence-electron chi connectivity index (χ1n) is 9.82. The van der Waals surface area contributed by atoms with Gasteiger partial charge in [-0.3, -0.25) is 4.79 Å². The van der Waals surface area contributed by atoms with Crippen LogP contribution in [0.15, 0.2) is 70.2 Å². The van der Waals surface area contributed by atoms with E-state index in [4.69, 9.17) is 14.2 Å². The van der Waals surface area contributed by atoms with Crippen LogP contribution in [0.5, 0.6) is 17.2 Å². The first-order chi connectivity index (χ1) is 15.9. The summed E-state index contributed by atoms with van der Waals surface area (Å²) in [5, 5.41) is 4.02. The van der Waals surface area contributed by atoms with E-state index in [0.717, 1.165) is 3.57 Å². The first-order valence-corrected chi connectivity index (χ1v) is 11.7. The molecule has 0 aliphatic heterocycles. The average molecular weight is 623 g/mol. The number of ether oxygens (including phenoxy) is 3. The van der Waals surface area contributed by atoms with Crippen molar-refractivity contribution >= 4 is 56.6 Å². The molecule has 0 unspecified atom stereocenters. The van der Waals surface area contributed by atoms with Gasteiger partial charge in [0.2, 0.25) is 0 Å². The molecule has 1 amide bonds. The predicted octanol–water partition coefficient (Wildman–Crippen LogP) is 5.44. The van der Waals surface area contributed by atoms with Crippen molar-refractivity contribution in [2.24, 2.45) is 5.10 Å². The fraction of sp³-hybridized carbons (Fsp3) is 0.125. The Labute approximate surface area is 213 Å². The summed E-state index contributed by atoms with van der Waals surface area (Å²) in [6.45, 7) is 2.19. The lowest BCUT2D eigenvalue weighted by atomic mass is 10.2. The van der Waals surface area contributed by atoms with Gasteiger partial charge in [-0.1, -0.05) is 6.07 Å². The SMILES string of the molecule is CCOc1cc(/C=N\NC(=O)c2cccc(I)c2)cc(Br)c1OC(=O)c1ccc(OC)cc1. The molecule has 170 valence electrons. The fourth-order valence-electron chi connectivity index (χ4n) is 2.76. The second kappa shape index (κ2) is 11.8. The molecular formula is C24H20BrIN2O5. The number of esters is 1. The second-order valence-corrected chi connectivity index (χ2v) is 8.69. The smallest absolute Gasteiger partial charge is 0.343 e. The fourth-order valence-corrected chi connectivity index (χ4v) is 3.85. The number of hydrogen-bond acceptors (Lipinski definition) is 6. The highest BCUT2D eigenvalue weighted by Gasteiger charge is 2.17. The lowest BCUT2D eigenvalue weighted by Crippen LogP contribution is -2.17. The highest BCUT2D eigenvalue weighted by molar-refractivity contribution is 14.1. The maximum Gasteiger partial charge on any atom is 0.343 e. The molecule has 9 heteroatoms. The number of hydrogen-bond donors (Lipinski definition) is 1. The first kappa shape index (κ1) is 24.7. The normalized spacial score (nSPS) is 10.7. The molecule has 0 saturated heterocycles. The third kappa shape index (κ3) is 6.78. The van der Waals surface area contributed by atoms with E-state index in [9.17, 15) is 9.59 Å². The van der Waals surface area contributed by atoms with E-state index in [0.29, 0.717) is 39.3 Å². The molecule has 3 aromatic carbocycles. The molecule has 7 nitrogen and oxygen atoms in total. The average Bonchev–Trinajstić information content (AvgIpc) is 2.81. The van der Waals surface area contributed by atoms with Crippen LogP contribution < -0.4 is 19.6 Å². The van der Waals surface area contributed by atoms with Crippen LogP contribution in [0.1, 0.15) is 33.2 Å². The van der Waals surface area contributed by atoms with E-state index in [1.54, 1.807) is 61.7 Å². The maximum absolute atomic E-state index is 12.6. The van der Waals surface area contributed by atoms with Crippen LogP contribution in [0, 0.1) is 3.57 Å². The van der Waals surface area contributed by atoms with Crippen molar-refractivity contribution in [1.82, 2.24) is 5.43 Å². The van der Waals surface area contributed by atoms with Gasteiger partial charge >= 0.3 is 5.97 Å². The van der Waals surface area contributed by atoms with Crippen molar-refractivity contribution in [3.63, 3.8) is 0 Å². The van der Waals surface area contributed by atoms with Crippen molar-refractivity contribution in [2.75, 3.05) is 13.7 Å². The monoisotopic (exact) mass is 622 g/mol. The molecule has 0 heterocycles. The molecule has 3 rings (SSSR count). The Balaban J connectivity index is 1.76.